The van der Waals surface area contributed by atoms with Crippen molar-refractivity contribution >= 4 is 11.8 Å². The average Bonchev–Trinajstić information content (AvgIpc) is 2.46. The summed E-state index contributed by atoms with van der Waals surface area (Å²) in [5.74, 6) is 0.554. The van der Waals surface area contributed by atoms with Crippen LogP contribution in [0.5, 0.6) is 0 Å². The maximum absolute atomic E-state index is 11.1. The summed E-state index contributed by atoms with van der Waals surface area (Å²) < 4.78 is 9.60. The highest BCUT2D eigenvalue weighted by Gasteiger charge is 2.12. The summed E-state index contributed by atoms with van der Waals surface area (Å²) in [5, 5.41) is 6.21. The molecule has 5 heteroatoms. The van der Waals surface area contributed by atoms with E-state index in [9.17, 15) is 4.79 Å². The van der Waals surface area contributed by atoms with Crippen LogP contribution in [0.1, 0.15) is 11.5 Å². The van der Waals surface area contributed by atoms with Crippen molar-refractivity contribution in [3.8, 4) is 0 Å². The Morgan fingerprint density at radius 3 is 2.93 bits per heavy atom. The monoisotopic (exact) mass is 196 g/mol. The molecule has 14 heavy (non-hydrogen) atoms. The molecule has 1 rings (SSSR count). The quantitative estimate of drug-likeness (QED) is 0.751. The molecule has 1 heterocycles. The van der Waals surface area contributed by atoms with E-state index in [1.807, 2.05) is 0 Å². The van der Waals surface area contributed by atoms with Crippen LogP contribution in [0.25, 0.3) is 0 Å². The predicted octanol–water partition coefficient (Wildman–Crippen LogP) is 2.03. The van der Waals surface area contributed by atoms with Crippen molar-refractivity contribution in [2.75, 3.05) is 11.9 Å². The molecule has 0 bridgehead atoms. The number of hydrogen-bond acceptors (Lipinski definition) is 4. The van der Waals surface area contributed by atoms with Crippen molar-refractivity contribution in [1.82, 2.24) is 5.16 Å². The number of hydrogen-bond donors (Lipinski definition) is 1. The molecule has 0 atom stereocenters. The van der Waals surface area contributed by atoms with Gasteiger partial charge in [0, 0.05) is 0 Å². The molecule has 5 nitrogen and oxygen atoms in total. The number of ether oxygens (including phenoxy) is 1. The lowest BCUT2D eigenvalue weighted by Crippen LogP contribution is -2.14. The molecular formula is C9H12N2O3. The largest absolute Gasteiger partial charge is 0.445 e. The number of amides is 1. The zero-order valence-corrected chi connectivity index (χ0v) is 8.16. The second kappa shape index (κ2) is 4.45. The van der Waals surface area contributed by atoms with Gasteiger partial charge >= 0.3 is 6.09 Å². The van der Waals surface area contributed by atoms with Crippen molar-refractivity contribution in [3.63, 3.8) is 0 Å². The molecule has 0 aliphatic rings. The maximum Gasteiger partial charge on any atom is 0.412 e. The van der Waals surface area contributed by atoms with Crippen molar-refractivity contribution < 1.29 is 14.1 Å². The van der Waals surface area contributed by atoms with Crippen LogP contribution in [-0.4, -0.2) is 17.9 Å². The molecule has 76 valence electrons. The number of nitrogens with one attached hydrogen (secondary N) is 1. The van der Waals surface area contributed by atoms with Gasteiger partial charge in [0.15, 0.2) is 5.76 Å². The van der Waals surface area contributed by atoms with Crippen LogP contribution in [0.4, 0.5) is 10.5 Å². The Morgan fingerprint density at radius 2 is 2.43 bits per heavy atom. The van der Waals surface area contributed by atoms with Gasteiger partial charge in [0.25, 0.3) is 0 Å². The van der Waals surface area contributed by atoms with Gasteiger partial charge in [0.05, 0.1) is 0 Å². The van der Waals surface area contributed by atoms with Crippen LogP contribution in [0.3, 0.4) is 0 Å². The first kappa shape index (κ1) is 10.3. The molecule has 0 unspecified atom stereocenters. The van der Waals surface area contributed by atoms with Gasteiger partial charge in [-0.25, -0.2) is 4.79 Å². The van der Waals surface area contributed by atoms with Gasteiger partial charge in [-0.05, 0) is 13.8 Å². The first-order valence-electron chi connectivity index (χ1n) is 4.12. The Kier molecular flexibility index (Phi) is 3.28. The molecule has 0 aliphatic heterocycles. The first-order valence-corrected chi connectivity index (χ1v) is 4.12. The molecule has 0 aliphatic carbocycles. The zero-order valence-electron chi connectivity index (χ0n) is 8.16. The van der Waals surface area contributed by atoms with E-state index in [-0.39, 0.29) is 6.61 Å². The van der Waals surface area contributed by atoms with E-state index in [0.717, 1.165) is 0 Å². The van der Waals surface area contributed by atoms with E-state index >= 15 is 0 Å². The summed E-state index contributed by atoms with van der Waals surface area (Å²) in [6, 6.07) is 0. The predicted molar refractivity (Wildman–Crippen MR) is 51.1 cm³/mol. The van der Waals surface area contributed by atoms with Gasteiger partial charge in [-0.1, -0.05) is 17.8 Å². The highest BCUT2D eigenvalue weighted by atomic mass is 16.5. The molecule has 0 radical (unpaired) electrons. The molecular weight excluding hydrogens is 184 g/mol. The smallest absolute Gasteiger partial charge is 0.412 e. The molecule has 1 aromatic heterocycles. The van der Waals surface area contributed by atoms with Crippen molar-refractivity contribution in [1.29, 1.82) is 0 Å². The summed E-state index contributed by atoms with van der Waals surface area (Å²) in [5.41, 5.74) is 1.18. The van der Waals surface area contributed by atoms with E-state index in [4.69, 9.17) is 9.26 Å². The fourth-order valence-electron chi connectivity index (χ4n) is 0.934. The van der Waals surface area contributed by atoms with Crippen LogP contribution in [0.15, 0.2) is 17.2 Å². The SMILES string of the molecule is C=CCOC(=O)Nc1c(C)noc1C. The van der Waals surface area contributed by atoms with E-state index in [2.05, 4.69) is 17.1 Å². The van der Waals surface area contributed by atoms with Gasteiger partial charge in [-0.2, -0.15) is 0 Å². The van der Waals surface area contributed by atoms with E-state index in [1.54, 1.807) is 13.8 Å². The number of rotatable bonds is 3. The normalized spacial score (nSPS) is 9.57. The summed E-state index contributed by atoms with van der Waals surface area (Å²) in [4.78, 5) is 11.1. The third kappa shape index (κ3) is 2.35. The van der Waals surface area contributed by atoms with Crippen molar-refractivity contribution in [3.05, 3.63) is 24.1 Å². The van der Waals surface area contributed by atoms with Crippen LogP contribution in [-0.2, 0) is 4.74 Å². The average molecular weight is 196 g/mol. The number of anilines is 1. The standard InChI is InChI=1S/C9H12N2O3/c1-4-5-13-9(12)10-8-6(2)11-14-7(8)3/h4H,1,5H2,2-3H3,(H,10,12). The van der Waals surface area contributed by atoms with Crippen LogP contribution in [0.2, 0.25) is 0 Å². The number of carbonyl (C=O) groups excluding carboxylic acids is 1. The third-order valence-corrected chi connectivity index (χ3v) is 1.59. The number of nitrogens with zero attached hydrogens (tertiary/aromatic N) is 1. The summed E-state index contributed by atoms with van der Waals surface area (Å²) in [6.45, 7) is 7.05. The van der Waals surface area contributed by atoms with Crippen molar-refractivity contribution in [2.45, 2.75) is 13.8 Å². The van der Waals surface area contributed by atoms with E-state index in [0.29, 0.717) is 17.1 Å². The Hall–Kier alpha value is -1.78. The molecule has 0 saturated carbocycles. The highest BCUT2D eigenvalue weighted by Crippen LogP contribution is 2.18. The molecule has 0 saturated heterocycles. The number of carbonyl (C=O) groups is 1. The Morgan fingerprint density at radius 1 is 1.71 bits per heavy atom. The van der Waals surface area contributed by atoms with Crippen LogP contribution < -0.4 is 5.32 Å². The lowest BCUT2D eigenvalue weighted by Gasteiger charge is -2.03. The number of aryl methyl sites for hydroxylation is 2. The van der Waals surface area contributed by atoms with E-state index in [1.165, 1.54) is 6.08 Å². The summed E-state index contributed by atoms with van der Waals surface area (Å²) in [7, 11) is 0. The maximum atomic E-state index is 11.1. The minimum absolute atomic E-state index is 0.176. The van der Waals surface area contributed by atoms with Gasteiger partial charge in [0.1, 0.15) is 18.0 Å². The van der Waals surface area contributed by atoms with Gasteiger partial charge in [-0.15, -0.1) is 0 Å². The van der Waals surface area contributed by atoms with Gasteiger partial charge in [0.2, 0.25) is 0 Å². The van der Waals surface area contributed by atoms with Crippen molar-refractivity contribution in [2.24, 2.45) is 0 Å². The minimum atomic E-state index is -0.542. The third-order valence-electron chi connectivity index (χ3n) is 1.59. The lowest BCUT2D eigenvalue weighted by molar-refractivity contribution is 0.174. The minimum Gasteiger partial charge on any atom is -0.445 e. The molecule has 0 aromatic carbocycles. The summed E-state index contributed by atoms with van der Waals surface area (Å²) in [6.07, 6.45) is 0.951. The molecule has 1 aromatic rings. The van der Waals surface area contributed by atoms with E-state index < -0.39 is 6.09 Å². The second-order valence-corrected chi connectivity index (χ2v) is 2.71. The number of aromatic nitrogens is 1. The highest BCUT2D eigenvalue weighted by molar-refractivity contribution is 5.85. The van der Waals surface area contributed by atoms with Gasteiger partial charge < -0.3 is 9.26 Å². The Balaban J connectivity index is 2.59. The molecule has 0 fully saturated rings. The molecule has 1 amide bonds. The second-order valence-electron chi connectivity index (χ2n) is 2.71. The topological polar surface area (TPSA) is 64.4 Å². The first-order chi connectivity index (χ1) is 6.65. The molecule has 1 N–H and O–H groups in total. The Bertz CT molecular complexity index is 324. The van der Waals surface area contributed by atoms with Crippen LogP contribution in [0, 0.1) is 13.8 Å². The Labute approximate surface area is 81.7 Å². The molecule has 0 spiro atoms. The lowest BCUT2D eigenvalue weighted by atomic mass is 10.3. The fraction of sp³-hybridized carbons (Fsp3) is 0.333. The zero-order chi connectivity index (χ0) is 10.6. The fourth-order valence-corrected chi connectivity index (χ4v) is 0.934. The summed E-state index contributed by atoms with van der Waals surface area (Å²) >= 11 is 0. The van der Waals surface area contributed by atoms with Gasteiger partial charge in [-0.3, -0.25) is 5.32 Å². The van der Waals surface area contributed by atoms with Crippen LogP contribution >= 0.6 is 0 Å².